The number of rotatable bonds is 5. The van der Waals surface area contributed by atoms with Crippen LogP contribution in [-0.2, 0) is 0 Å². The first-order valence-electron chi connectivity index (χ1n) is 3.77. The quantitative estimate of drug-likeness (QED) is 0.514. The van der Waals surface area contributed by atoms with E-state index in [4.69, 9.17) is 0 Å². The summed E-state index contributed by atoms with van der Waals surface area (Å²) >= 11 is 0. The summed E-state index contributed by atoms with van der Waals surface area (Å²) in [6, 6.07) is 0. The van der Waals surface area contributed by atoms with Gasteiger partial charge in [0, 0.05) is 6.17 Å². The second-order valence-electron chi connectivity index (χ2n) is 2.48. The maximum atomic E-state index is 3.30. The number of hydrogen-bond donors (Lipinski definition) is 2. The van der Waals surface area contributed by atoms with Crippen LogP contribution in [0.15, 0.2) is 0 Å². The Balaban J connectivity index is 3.41. The van der Waals surface area contributed by atoms with Gasteiger partial charge in [-0.3, -0.25) is 0 Å². The third kappa shape index (κ3) is 4.00. The van der Waals surface area contributed by atoms with Crippen LogP contribution in [0, 0.1) is 0 Å². The molecule has 0 aromatic rings. The summed E-state index contributed by atoms with van der Waals surface area (Å²) in [7, 11) is 5.36. The molecule has 0 spiro atoms. The van der Waals surface area contributed by atoms with Crippen LogP contribution in [0.1, 0.15) is 6.92 Å². The van der Waals surface area contributed by atoms with E-state index in [0.29, 0.717) is 0 Å². The number of nitrogens with one attached hydrogen (secondary N) is 2. The lowest BCUT2D eigenvalue weighted by Gasteiger charge is -2.19. The van der Waals surface area contributed by atoms with Gasteiger partial charge in [0.1, 0.15) is 0 Å². The maximum Gasteiger partial charge on any atom is 0.198 e. The van der Waals surface area contributed by atoms with Gasteiger partial charge in [0.15, 0.2) is 9.12 Å². The van der Waals surface area contributed by atoms with Gasteiger partial charge in [-0.15, -0.1) is 0 Å². The van der Waals surface area contributed by atoms with Gasteiger partial charge >= 0.3 is 0 Å². The van der Waals surface area contributed by atoms with Gasteiger partial charge < -0.3 is 14.9 Å². The Morgan fingerprint density at radius 2 is 1.80 bits per heavy atom. The van der Waals surface area contributed by atoms with Crippen molar-refractivity contribution in [2.45, 2.75) is 6.92 Å². The van der Waals surface area contributed by atoms with Crippen LogP contribution in [0.5, 0.6) is 0 Å². The fraction of sp³-hybridized carbons (Fsp3) is 1.00. The summed E-state index contributed by atoms with van der Waals surface area (Å²) in [5.74, 6) is 0. The van der Waals surface area contributed by atoms with Crippen LogP contribution in [-0.4, -0.2) is 47.9 Å². The van der Waals surface area contributed by atoms with Crippen molar-refractivity contribution in [3.63, 3.8) is 0 Å². The normalized spacial score (nSPS) is 11.4. The third-order valence-corrected chi connectivity index (χ3v) is 4.11. The average molecular weight is 161 g/mol. The van der Waals surface area contributed by atoms with E-state index in [2.05, 4.69) is 28.8 Å². The average Bonchev–Trinajstić information content (AvgIpc) is 1.99. The van der Waals surface area contributed by atoms with Crippen molar-refractivity contribution in [2.24, 2.45) is 0 Å². The molecule has 0 aromatic carbocycles. The molecule has 0 radical (unpaired) electrons. The SMILES string of the molecule is CCN(C)C[SiH](NC)NC. The van der Waals surface area contributed by atoms with Crippen LogP contribution in [0.2, 0.25) is 0 Å². The van der Waals surface area contributed by atoms with Gasteiger partial charge in [-0.25, -0.2) is 0 Å². The highest BCUT2D eigenvalue weighted by Gasteiger charge is 2.06. The lowest BCUT2D eigenvalue weighted by atomic mass is 10.7. The van der Waals surface area contributed by atoms with Gasteiger partial charge in [0.2, 0.25) is 0 Å². The smallest absolute Gasteiger partial charge is 0.198 e. The molecule has 0 saturated carbocycles. The monoisotopic (exact) mass is 161 g/mol. The molecule has 0 atom stereocenters. The zero-order chi connectivity index (χ0) is 7.98. The Kier molecular flexibility index (Phi) is 5.91. The van der Waals surface area contributed by atoms with Crippen molar-refractivity contribution in [1.29, 1.82) is 0 Å². The van der Waals surface area contributed by atoms with E-state index >= 15 is 0 Å². The zero-order valence-electron chi connectivity index (χ0n) is 7.44. The van der Waals surface area contributed by atoms with E-state index in [-0.39, 0.29) is 0 Å². The molecule has 3 nitrogen and oxygen atoms in total. The summed E-state index contributed by atoms with van der Waals surface area (Å²) in [6.07, 6.45) is 1.18. The third-order valence-electron chi connectivity index (χ3n) is 1.73. The molecule has 0 aromatic heterocycles. The van der Waals surface area contributed by atoms with Crippen molar-refractivity contribution in [3.8, 4) is 0 Å². The van der Waals surface area contributed by atoms with Gasteiger partial charge in [0.25, 0.3) is 0 Å². The molecular weight excluding hydrogens is 142 g/mol. The molecule has 0 amide bonds. The lowest BCUT2D eigenvalue weighted by Crippen LogP contribution is -2.51. The molecular formula is C6H19N3Si. The summed E-state index contributed by atoms with van der Waals surface area (Å²) in [6.45, 7) is 3.31. The number of hydrogen-bond acceptors (Lipinski definition) is 3. The first-order chi connectivity index (χ1) is 4.74. The zero-order valence-corrected chi connectivity index (χ0v) is 8.59. The summed E-state index contributed by atoms with van der Waals surface area (Å²) in [5, 5.41) is 0. The minimum atomic E-state index is -0.842. The van der Waals surface area contributed by atoms with Crippen LogP contribution < -0.4 is 9.96 Å². The van der Waals surface area contributed by atoms with Crippen molar-refractivity contribution in [1.82, 2.24) is 14.9 Å². The fourth-order valence-corrected chi connectivity index (χ4v) is 2.30. The molecule has 0 aliphatic rings. The minimum Gasteiger partial charge on any atom is -0.330 e. The summed E-state index contributed by atoms with van der Waals surface area (Å²) in [5.41, 5.74) is 0. The van der Waals surface area contributed by atoms with Gasteiger partial charge in [-0.2, -0.15) is 0 Å². The second-order valence-corrected chi connectivity index (χ2v) is 5.11. The van der Waals surface area contributed by atoms with Crippen LogP contribution in [0.3, 0.4) is 0 Å². The predicted octanol–water partition coefficient (Wildman–Crippen LogP) is -0.863. The van der Waals surface area contributed by atoms with Gasteiger partial charge in [0.05, 0.1) is 0 Å². The van der Waals surface area contributed by atoms with Crippen molar-refractivity contribution < 1.29 is 0 Å². The lowest BCUT2D eigenvalue weighted by molar-refractivity contribution is 0.403. The Morgan fingerprint density at radius 1 is 1.30 bits per heavy atom. The molecule has 0 fully saturated rings. The molecule has 0 heterocycles. The molecule has 0 unspecified atom stereocenters. The Hall–Kier alpha value is 0.0969. The first kappa shape index (κ1) is 10.1. The highest BCUT2D eigenvalue weighted by molar-refractivity contribution is 6.53. The highest BCUT2D eigenvalue weighted by Crippen LogP contribution is 1.79. The van der Waals surface area contributed by atoms with Crippen molar-refractivity contribution >= 4 is 9.12 Å². The molecule has 0 rings (SSSR count). The molecule has 0 aliphatic carbocycles. The Bertz CT molecular complexity index is 75.4. The molecule has 4 heteroatoms. The summed E-state index contributed by atoms with van der Waals surface area (Å²) < 4.78 is 0. The number of nitrogens with zero attached hydrogens (tertiary/aromatic N) is 1. The molecule has 0 aliphatic heterocycles. The fourth-order valence-electron chi connectivity index (χ4n) is 0.768. The predicted molar refractivity (Wildman–Crippen MR) is 48.4 cm³/mol. The molecule has 0 saturated heterocycles. The van der Waals surface area contributed by atoms with E-state index < -0.39 is 9.12 Å². The van der Waals surface area contributed by atoms with E-state index in [9.17, 15) is 0 Å². The maximum absolute atomic E-state index is 3.30. The van der Waals surface area contributed by atoms with E-state index in [1.54, 1.807) is 0 Å². The molecule has 62 valence electrons. The van der Waals surface area contributed by atoms with Crippen LogP contribution in [0.4, 0.5) is 0 Å². The van der Waals surface area contributed by atoms with E-state index in [1.165, 1.54) is 6.17 Å². The van der Waals surface area contributed by atoms with Crippen molar-refractivity contribution in [3.05, 3.63) is 0 Å². The molecule has 2 N–H and O–H groups in total. The molecule has 10 heavy (non-hydrogen) atoms. The van der Waals surface area contributed by atoms with Gasteiger partial charge in [-0.1, -0.05) is 6.92 Å². The summed E-state index contributed by atoms with van der Waals surface area (Å²) in [4.78, 5) is 8.93. The standard InChI is InChI=1S/C6H19N3Si/c1-5-9(4)6-10(7-2)8-3/h7-8,10H,5-6H2,1-4H3. The largest absolute Gasteiger partial charge is 0.330 e. The van der Waals surface area contributed by atoms with E-state index in [0.717, 1.165) is 6.54 Å². The Labute approximate surface area is 65.6 Å². The first-order valence-corrected chi connectivity index (χ1v) is 5.74. The highest BCUT2D eigenvalue weighted by atomic mass is 28.3. The Morgan fingerprint density at radius 3 is 2.10 bits per heavy atom. The molecule has 0 bridgehead atoms. The van der Waals surface area contributed by atoms with Crippen molar-refractivity contribution in [2.75, 3.05) is 33.9 Å². The van der Waals surface area contributed by atoms with Crippen LogP contribution in [0.25, 0.3) is 0 Å². The minimum absolute atomic E-state index is 0.842. The second kappa shape index (κ2) is 5.85. The van der Waals surface area contributed by atoms with E-state index in [1.807, 2.05) is 14.1 Å². The topological polar surface area (TPSA) is 27.3 Å². The van der Waals surface area contributed by atoms with Crippen LogP contribution >= 0.6 is 0 Å². The van der Waals surface area contributed by atoms with Gasteiger partial charge in [-0.05, 0) is 27.7 Å².